The van der Waals surface area contributed by atoms with Crippen LogP contribution in [-0.4, -0.2) is 13.6 Å². The maximum Gasteiger partial charge on any atom is 0.240 e. The SMILES string of the molecule is O=S(=O)(NCc1ccon1)c1ccc(Cl)c(Br)c1. The van der Waals surface area contributed by atoms with Crippen molar-refractivity contribution in [1.82, 2.24) is 9.88 Å². The van der Waals surface area contributed by atoms with Crippen LogP contribution in [0.3, 0.4) is 0 Å². The Bertz CT molecular complexity index is 643. The molecule has 18 heavy (non-hydrogen) atoms. The third kappa shape index (κ3) is 3.11. The number of sulfonamides is 1. The number of hydrogen-bond acceptors (Lipinski definition) is 4. The molecule has 8 heteroatoms. The Labute approximate surface area is 117 Å². The van der Waals surface area contributed by atoms with Gasteiger partial charge in [-0.1, -0.05) is 16.8 Å². The smallest absolute Gasteiger partial charge is 0.240 e. The monoisotopic (exact) mass is 350 g/mol. The number of benzene rings is 1. The Hall–Kier alpha value is -0.890. The average Bonchev–Trinajstić information content (AvgIpc) is 2.83. The molecule has 1 aromatic heterocycles. The predicted octanol–water partition coefficient (Wildman–Crippen LogP) is 2.57. The van der Waals surface area contributed by atoms with E-state index in [9.17, 15) is 8.42 Å². The number of nitrogens with one attached hydrogen (secondary N) is 1. The number of hydrogen-bond donors (Lipinski definition) is 1. The average molecular weight is 352 g/mol. The van der Waals surface area contributed by atoms with Crippen LogP contribution >= 0.6 is 27.5 Å². The Balaban J connectivity index is 2.17. The lowest BCUT2D eigenvalue weighted by Crippen LogP contribution is -2.23. The Morgan fingerprint density at radius 2 is 2.17 bits per heavy atom. The molecule has 0 saturated heterocycles. The molecule has 2 rings (SSSR count). The summed E-state index contributed by atoms with van der Waals surface area (Å²) in [7, 11) is -3.60. The third-order valence-corrected chi connectivity index (χ3v) is 4.75. The van der Waals surface area contributed by atoms with E-state index in [1.165, 1.54) is 24.5 Å². The molecule has 0 spiro atoms. The van der Waals surface area contributed by atoms with Gasteiger partial charge in [0.25, 0.3) is 0 Å². The first kappa shape index (κ1) is 13.5. The van der Waals surface area contributed by atoms with Gasteiger partial charge >= 0.3 is 0 Å². The van der Waals surface area contributed by atoms with Gasteiger partial charge < -0.3 is 4.52 Å². The largest absolute Gasteiger partial charge is 0.364 e. The van der Waals surface area contributed by atoms with Crippen LogP contribution in [0.1, 0.15) is 5.69 Å². The fraction of sp³-hybridized carbons (Fsp3) is 0.100. The van der Waals surface area contributed by atoms with E-state index >= 15 is 0 Å². The Morgan fingerprint density at radius 3 is 2.78 bits per heavy atom. The zero-order valence-corrected chi connectivity index (χ0v) is 12.1. The van der Waals surface area contributed by atoms with Crippen molar-refractivity contribution in [3.05, 3.63) is 45.7 Å². The van der Waals surface area contributed by atoms with Gasteiger partial charge in [0.2, 0.25) is 10.0 Å². The molecular weight excluding hydrogens is 344 g/mol. The molecule has 0 bridgehead atoms. The first-order valence-corrected chi connectivity index (χ1v) is 7.48. The molecule has 0 aliphatic heterocycles. The van der Waals surface area contributed by atoms with E-state index in [1.54, 1.807) is 6.07 Å². The molecule has 2 aromatic rings. The van der Waals surface area contributed by atoms with Crippen LogP contribution in [0.25, 0.3) is 0 Å². The summed E-state index contributed by atoms with van der Waals surface area (Å²) in [4.78, 5) is 0.127. The molecule has 0 aliphatic carbocycles. The zero-order chi connectivity index (χ0) is 13.2. The lowest BCUT2D eigenvalue weighted by Gasteiger charge is -2.06. The van der Waals surface area contributed by atoms with Crippen molar-refractivity contribution < 1.29 is 12.9 Å². The molecule has 96 valence electrons. The lowest BCUT2D eigenvalue weighted by molar-refractivity contribution is 0.411. The molecule has 0 unspecified atom stereocenters. The third-order valence-electron chi connectivity index (χ3n) is 2.14. The van der Waals surface area contributed by atoms with E-state index in [-0.39, 0.29) is 11.4 Å². The van der Waals surface area contributed by atoms with Crippen LogP contribution in [0.2, 0.25) is 5.02 Å². The summed E-state index contributed by atoms with van der Waals surface area (Å²) in [5, 5.41) is 4.06. The van der Waals surface area contributed by atoms with Gasteiger partial charge in [-0.05, 0) is 34.1 Å². The van der Waals surface area contributed by atoms with E-state index in [4.69, 9.17) is 11.6 Å². The van der Waals surface area contributed by atoms with Gasteiger partial charge in [0.15, 0.2) is 0 Å². The van der Waals surface area contributed by atoms with Gasteiger partial charge in [-0.2, -0.15) is 0 Å². The lowest BCUT2D eigenvalue weighted by atomic mass is 10.4. The summed E-state index contributed by atoms with van der Waals surface area (Å²) in [6.45, 7) is 0.0685. The van der Waals surface area contributed by atoms with Crippen molar-refractivity contribution in [2.45, 2.75) is 11.4 Å². The molecule has 0 fully saturated rings. The summed E-state index contributed by atoms with van der Waals surface area (Å²) in [6.07, 6.45) is 1.38. The highest BCUT2D eigenvalue weighted by molar-refractivity contribution is 9.10. The van der Waals surface area contributed by atoms with E-state index in [0.29, 0.717) is 15.2 Å². The van der Waals surface area contributed by atoms with E-state index < -0.39 is 10.0 Å². The minimum absolute atomic E-state index is 0.0685. The highest BCUT2D eigenvalue weighted by Gasteiger charge is 2.15. The standard InChI is InChI=1S/C10H8BrClN2O3S/c11-9-5-8(1-2-10(9)12)18(15,16)13-6-7-3-4-17-14-7/h1-5,13H,6H2. The van der Waals surface area contributed by atoms with Gasteiger partial charge in [0.1, 0.15) is 6.26 Å². The quantitative estimate of drug-likeness (QED) is 0.919. The highest BCUT2D eigenvalue weighted by Crippen LogP contribution is 2.25. The van der Waals surface area contributed by atoms with Gasteiger partial charge in [0, 0.05) is 10.5 Å². The van der Waals surface area contributed by atoms with Crippen LogP contribution in [0.5, 0.6) is 0 Å². The zero-order valence-electron chi connectivity index (χ0n) is 8.93. The maximum absolute atomic E-state index is 12.0. The van der Waals surface area contributed by atoms with Crippen LogP contribution < -0.4 is 4.72 Å². The topological polar surface area (TPSA) is 72.2 Å². The van der Waals surface area contributed by atoms with E-state index in [1.807, 2.05) is 0 Å². The van der Waals surface area contributed by atoms with Crippen molar-refractivity contribution in [3.63, 3.8) is 0 Å². The van der Waals surface area contributed by atoms with Crippen molar-refractivity contribution >= 4 is 37.6 Å². The van der Waals surface area contributed by atoms with Gasteiger partial charge in [0.05, 0.1) is 22.2 Å². The van der Waals surface area contributed by atoms with Crippen LogP contribution in [-0.2, 0) is 16.6 Å². The number of halogens is 2. The second kappa shape index (κ2) is 5.40. The fourth-order valence-corrected chi connectivity index (χ4v) is 2.90. The Kier molecular flexibility index (Phi) is 4.06. The van der Waals surface area contributed by atoms with Crippen LogP contribution in [0, 0.1) is 0 Å². The predicted molar refractivity (Wildman–Crippen MR) is 69.7 cm³/mol. The second-order valence-electron chi connectivity index (χ2n) is 3.39. The second-order valence-corrected chi connectivity index (χ2v) is 6.42. The van der Waals surface area contributed by atoms with Crippen LogP contribution in [0.4, 0.5) is 0 Å². The summed E-state index contributed by atoms with van der Waals surface area (Å²) in [6, 6.07) is 5.96. The van der Waals surface area contributed by atoms with E-state index in [2.05, 4.69) is 30.3 Å². The molecule has 0 aliphatic rings. The maximum atomic E-state index is 12.0. The number of rotatable bonds is 4. The summed E-state index contributed by atoms with van der Waals surface area (Å²) in [5.41, 5.74) is 0.506. The Morgan fingerprint density at radius 1 is 1.39 bits per heavy atom. The first-order chi connectivity index (χ1) is 8.49. The van der Waals surface area contributed by atoms with Gasteiger partial charge in [-0.15, -0.1) is 0 Å². The molecule has 0 amide bonds. The summed E-state index contributed by atoms with van der Waals surface area (Å²) >= 11 is 8.98. The number of aromatic nitrogens is 1. The molecule has 1 aromatic carbocycles. The summed E-state index contributed by atoms with van der Waals surface area (Å²) < 4.78 is 31.5. The van der Waals surface area contributed by atoms with Gasteiger partial charge in [-0.25, -0.2) is 13.1 Å². The molecule has 1 N–H and O–H groups in total. The number of nitrogens with zero attached hydrogens (tertiary/aromatic N) is 1. The highest BCUT2D eigenvalue weighted by atomic mass is 79.9. The van der Waals surface area contributed by atoms with Crippen molar-refractivity contribution in [2.24, 2.45) is 0 Å². The van der Waals surface area contributed by atoms with Crippen molar-refractivity contribution in [2.75, 3.05) is 0 Å². The first-order valence-electron chi connectivity index (χ1n) is 4.83. The van der Waals surface area contributed by atoms with E-state index in [0.717, 1.165) is 0 Å². The molecule has 1 heterocycles. The minimum atomic E-state index is -3.60. The molecular formula is C10H8BrClN2O3S. The summed E-state index contributed by atoms with van der Waals surface area (Å²) in [5.74, 6) is 0. The fourth-order valence-electron chi connectivity index (χ4n) is 1.23. The van der Waals surface area contributed by atoms with Crippen LogP contribution in [0.15, 0.2) is 44.4 Å². The van der Waals surface area contributed by atoms with Crippen molar-refractivity contribution in [1.29, 1.82) is 0 Å². The van der Waals surface area contributed by atoms with Crippen molar-refractivity contribution in [3.8, 4) is 0 Å². The van der Waals surface area contributed by atoms with Gasteiger partial charge in [-0.3, -0.25) is 0 Å². The molecule has 0 atom stereocenters. The molecule has 5 nitrogen and oxygen atoms in total. The minimum Gasteiger partial charge on any atom is -0.364 e. The molecule has 0 saturated carbocycles. The normalized spacial score (nSPS) is 11.7. The molecule has 0 radical (unpaired) electrons.